The highest BCUT2D eigenvalue weighted by Crippen LogP contribution is 2.21. The van der Waals surface area contributed by atoms with Crippen LogP contribution in [0.5, 0.6) is 0 Å². The highest BCUT2D eigenvalue weighted by molar-refractivity contribution is 9.10. The SMILES string of the molecule is O=C(Nc1ccc2[nH]c(=O)[nH]c2c1)c1cc(-c2ccc(Br)cc2)n[nH]1. The molecule has 0 saturated heterocycles. The van der Waals surface area contributed by atoms with Crippen LogP contribution in [0.15, 0.2) is 57.8 Å². The molecule has 2 heterocycles. The molecule has 0 aliphatic rings. The topological polar surface area (TPSA) is 106 Å². The van der Waals surface area contributed by atoms with Crippen LogP contribution in [0.2, 0.25) is 0 Å². The molecule has 2 aromatic carbocycles. The second-order valence-electron chi connectivity index (χ2n) is 5.47. The third-order valence-corrected chi connectivity index (χ3v) is 4.26. The molecular formula is C17H12BrN5O2. The van der Waals surface area contributed by atoms with Gasteiger partial charge in [-0.25, -0.2) is 4.79 Å². The number of hydrogen-bond donors (Lipinski definition) is 4. The summed E-state index contributed by atoms with van der Waals surface area (Å²) in [5.74, 6) is -0.312. The Morgan fingerprint density at radius 2 is 1.76 bits per heavy atom. The van der Waals surface area contributed by atoms with Crippen molar-refractivity contribution in [2.75, 3.05) is 5.32 Å². The average molecular weight is 398 g/mol. The fraction of sp³-hybridized carbons (Fsp3) is 0. The Bertz CT molecular complexity index is 1120. The van der Waals surface area contributed by atoms with Gasteiger partial charge < -0.3 is 15.3 Å². The van der Waals surface area contributed by atoms with E-state index in [1.165, 1.54) is 0 Å². The molecule has 0 fully saturated rings. The molecule has 0 aliphatic heterocycles. The molecule has 7 nitrogen and oxygen atoms in total. The molecule has 0 atom stereocenters. The number of imidazole rings is 1. The van der Waals surface area contributed by atoms with Crippen LogP contribution in [0.3, 0.4) is 0 Å². The van der Waals surface area contributed by atoms with Crippen molar-refractivity contribution in [2.24, 2.45) is 0 Å². The number of carbonyl (C=O) groups excluding carboxylic acids is 1. The van der Waals surface area contributed by atoms with Crippen LogP contribution in [0.25, 0.3) is 22.3 Å². The van der Waals surface area contributed by atoms with E-state index < -0.39 is 0 Å². The van der Waals surface area contributed by atoms with Gasteiger partial charge >= 0.3 is 5.69 Å². The summed E-state index contributed by atoms with van der Waals surface area (Å²) in [6.07, 6.45) is 0. The van der Waals surface area contributed by atoms with Gasteiger partial charge in [0.05, 0.1) is 16.7 Å². The normalized spacial score (nSPS) is 10.9. The Hall–Kier alpha value is -3.13. The lowest BCUT2D eigenvalue weighted by Crippen LogP contribution is -2.12. The molecule has 0 bridgehead atoms. The summed E-state index contributed by atoms with van der Waals surface area (Å²) < 4.78 is 0.975. The van der Waals surface area contributed by atoms with Gasteiger partial charge in [0, 0.05) is 15.7 Å². The van der Waals surface area contributed by atoms with Crippen molar-refractivity contribution in [1.82, 2.24) is 20.2 Å². The monoisotopic (exact) mass is 397 g/mol. The number of rotatable bonds is 3. The molecule has 0 radical (unpaired) electrons. The van der Waals surface area contributed by atoms with E-state index in [1.807, 2.05) is 24.3 Å². The molecule has 0 saturated carbocycles. The van der Waals surface area contributed by atoms with Crippen LogP contribution < -0.4 is 11.0 Å². The van der Waals surface area contributed by atoms with Gasteiger partial charge in [-0.15, -0.1) is 0 Å². The van der Waals surface area contributed by atoms with Crippen molar-refractivity contribution in [3.05, 3.63) is 69.2 Å². The molecule has 25 heavy (non-hydrogen) atoms. The molecule has 2 aromatic heterocycles. The second-order valence-corrected chi connectivity index (χ2v) is 6.38. The van der Waals surface area contributed by atoms with E-state index in [0.717, 1.165) is 10.0 Å². The largest absolute Gasteiger partial charge is 0.323 e. The number of anilines is 1. The second kappa shape index (κ2) is 6.06. The Labute approximate surface area is 149 Å². The van der Waals surface area contributed by atoms with E-state index in [-0.39, 0.29) is 11.6 Å². The van der Waals surface area contributed by atoms with Gasteiger partial charge in [0.2, 0.25) is 0 Å². The van der Waals surface area contributed by atoms with Crippen LogP contribution in [-0.2, 0) is 0 Å². The minimum atomic E-state index is -0.312. The predicted octanol–water partition coefficient (Wildman–Crippen LogP) is 3.26. The molecule has 0 spiro atoms. The smallest absolute Gasteiger partial charge is 0.321 e. The maximum Gasteiger partial charge on any atom is 0.323 e. The average Bonchev–Trinajstić information content (AvgIpc) is 3.21. The van der Waals surface area contributed by atoms with Crippen molar-refractivity contribution < 1.29 is 4.79 Å². The van der Waals surface area contributed by atoms with E-state index >= 15 is 0 Å². The van der Waals surface area contributed by atoms with Gasteiger partial charge in [0.15, 0.2) is 0 Å². The summed E-state index contributed by atoms with van der Waals surface area (Å²) in [6, 6.07) is 14.5. The molecular weight excluding hydrogens is 386 g/mol. The molecule has 1 amide bonds. The van der Waals surface area contributed by atoms with Crippen molar-refractivity contribution in [1.29, 1.82) is 0 Å². The Morgan fingerprint density at radius 1 is 1.00 bits per heavy atom. The molecule has 4 N–H and O–H groups in total. The van der Waals surface area contributed by atoms with Gasteiger partial charge in [0.25, 0.3) is 5.91 Å². The maximum absolute atomic E-state index is 12.4. The van der Waals surface area contributed by atoms with E-state index in [1.54, 1.807) is 24.3 Å². The molecule has 8 heteroatoms. The van der Waals surface area contributed by atoms with Crippen molar-refractivity contribution in [3.63, 3.8) is 0 Å². The highest BCUT2D eigenvalue weighted by atomic mass is 79.9. The van der Waals surface area contributed by atoms with Crippen LogP contribution in [0.1, 0.15) is 10.5 Å². The number of nitrogens with one attached hydrogen (secondary N) is 4. The third-order valence-electron chi connectivity index (χ3n) is 3.74. The van der Waals surface area contributed by atoms with Gasteiger partial charge in [-0.05, 0) is 36.4 Å². The summed E-state index contributed by atoms with van der Waals surface area (Å²) in [5.41, 5.74) is 3.54. The van der Waals surface area contributed by atoms with Gasteiger partial charge in [-0.1, -0.05) is 28.1 Å². The zero-order valence-corrected chi connectivity index (χ0v) is 14.3. The summed E-state index contributed by atoms with van der Waals surface area (Å²) in [6.45, 7) is 0. The number of fused-ring (bicyclic) bond motifs is 1. The first-order valence-electron chi connectivity index (χ1n) is 7.43. The number of aromatic nitrogens is 4. The van der Waals surface area contributed by atoms with Gasteiger partial charge in [-0.2, -0.15) is 5.10 Å². The van der Waals surface area contributed by atoms with Crippen LogP contribution in [0.4, 0.5) is 5.69 Å². The number of nitrogens with zero attached hydrogens (tertiary/aromatic N) is 1. The molecule has 4 rings (SSSR count). The Morgan fingerprint density at radius 3 is 2.56 bits per heavy atom. The lowest BCUT2D eigenvalue weighted by Gasteiger charge is -2.03. The lowest BCUT2D eigenvalue weighted by molar-refractivity contribution is 0.102. The van der Waals surface area contributed by atoms with Crippen molar-refractivity contribution in [3.8, 4) is 11.3 Å². The molecule has 0 aliphatic carbocycles. The summed E-state index contributed by atoms with van der Waals surface area (Å²) in [4.78, 5) is 29.0. The quantitative estimate of drug-likeness (QED) is 0.426. The number of benzene rings is 2. The number of halogens is 1. The minimum absolute atomic E-state index is 0.286. The first-order chi connectivity index (χ1) is 12.1. The van der Waals surface area contributed by atoms with Crippen LogP contribution >= 0.6 is 15.9 Å². The lowest BCUT2D eigenvalue weighted by atomic mass is 10.1. The van der Waals surface area contributed by atoms with Gasteiger partial charge in [0.1, 0.15) is 5.69 Å². The molecule has 0 unspecified atom stereocenters. The third kappa shape index (κ3) is 3.11. The number of carbonyl (C=O) groups is 1. The zero-order valence-electron chi connectivity index (χ0n) is 12.8. The maximum atomic E-state index is 12.4. The van der Waals surface area contributed by atoms with Crippen molar-refractivity contribution in [2.45, 2.75) is 0 Å². The number of aromatic amines is 3. The molecule has 124 valence electrons. The fourth-order valence-electron chi connectivity index (χ4n) is 2.52. The summed E-state index contributed by atoms with van der Waals surface area (Å²) >= 11 is 3.39. The van der Waals surface area contributed by atoms with E-state index in [2.05, 4.69) is 41.4 Å². The number of amides is 1. The standard InChI is InChI=1S/C17H12BrN5O2/c18-10-3-1-9(2-4-10)13-8-15(23-22-13)16(24)19-11-5-6-12-14(7-11)21-17(25)20-12/h1-8H,(H,19,24)(H,22,23)(H2,20,21,25). The summed E-state index contributed by atoms with van der Waals surface area (Å²) in [5, 5.41) is 9.70. The van der Waals surface area contributed by atoms with E-state index in [9.17, 15) is 9.59 Å². The van der Waals surface area contributed by atoms with Crippen LogP contribution in [0, 0.1) is 0 Å². The molecule has 4 aromatic rings. The van der Waals surface area contributed by atoms with Crippen molar-refractivity contribution >= 4 is 38.6 Å². The fourth-order valence-corrected chi connectivity index (χ4v) is 2.78. The minimum Gasteiger partial charge on any atom is -0.321 e. The zero-order chi connectivity index (χ0) is 17.4. The number of H-pyrrole nitrogens is 3. The van der Waals surface area contributed by atoms with E-state index in [4.69, 9.17) is 0 Å². The Kier molecular flexibility index (Phi) is 3.73. The van der Waals surface area contributed by atoms with Crippen LogP contribution in [-0.4, -0.2) is 26.1 Å². The first-order valence-corrected chi connectivity index (χ1v) is 8.22. The summed E-state index contributed by atoms with van der Waals surface area (Å²) in [7, 11) is 0. The highest BCUT2D eigenvalue weighted by Gasteiger charge is 2.12. The Balaban J connectivity index is 1.56. The first kappa shape index (κ1) is 15.4. The van der Waals surface area contributed by atoms with E-state index in [0.29, 0.717) is 28.1 Å². The number of hydrogen-bond acceptors (Lipinski definition) is 3. The predicted molar refractivity (Wildman–Crippen MR) is 98.6 cm³/mol. The van der Waals surface area contributed by atoms with Gasteiger partial charge in [-0.3, -0.25) is 9.89 Å².